The number of furan rings is 1. The van der Waals surface area contributed by atoms with E-state index in [2.05, 4.69) is 15.0 Å². The van der Waals surface area contributed by atoms with E-state index in [9.17, 15) is 0 Å². The van der Waals surface area contributed by atoms with Crippen molar-refractivity contribution in [1.82, 2.24) is 15.0 Å². The van der Waals surface area contributed by atoms with Gasteiger partial charge in [-0.05, 0) is 30.7 Å². The number of thiazole rings is 1. The molecular formula is C14H11N3OS. The summed E-state index contributed by atoms with van der Waals surface area (Å²) in [4.78, 5) is 12.8. The highest BCUT2D eigenvalue weighted by atomic mass is 32.1. The first kappa shape index (κ1) is 11.8. The predicted octanol–water partition coefficient (Wildman–Crippen LogP) is 3.75. The second kappa shape index (κ2) is 5.16. The van der Waals surface area contributed by atoms with E-state index >= 15 is 0 Å². The van der Waals surface area contributed by atoms with Gasteiger partial charge in [0, 0.05) is 17.8 Å². The van der Waals surface area contributed by atoms with E-state index in [1.807, 2.05) is 30.5 Å². The molecule has 0 amide bonds. The fourth-order valence-electron chi connectivity index (χ4n) is 1.66. The van der Waals surface area contributed by atoms with Gasteiger partial charge in [0.25, 0.3) is 0 Å². The minimum atomic E-state index is 0.793. The molecule has 3 heterocycles. The molecule has 0 aliphatic carbocycles. The summed E-state index contributed by atoms with van der Waals surface area (Å²) in [7, 11) is 0. The smallest absolute Gasteiger partial charge is 0.162 e. The molecule has 0 aromatic carbocycles. The van der Waals surface area contributed by atoms with E-state index in [4.69, 9.17) is 4.42 Å². The third-order valence-corrected chi connectivity index (χ3v) is 3.46. The van der Waals surface area contributed by atoms with Gasteiger partial charge in [0.1, 0.15) is 0 Å². The summed E-state index contributed by atoms with van der Waals surface area (Å²) >= 11 is 1.56. The van der Waals surface area contributed by atoms with Crippen LogP contribution in [0.25, 0.3) is 22.4 Å². The number of hydrogen-bond acceptors (Lipinski definition) is 5. The van der Waals surface area contributed by atoms with Crippen LogP contribution in [-0.2, 0) is 0 Å². The second-order valence-electron chi connectivity index (χ2n) is 3.97. The summed E-state index contributed by atoms with van der Waals surface area (Å²) in [5.74, 6) is 0.793. The molecule has 0 aliphatic heterocycles. The molecule has 0 bridgehead atoms. The lowest BCUT2D eigenvalue weighted by molar-refractivity contribution is 0.582. The van der Waals surface area contributed by atoms with Gasteiger partial charge in [-0.2, -0.15) is 0 Å². The topological polar surface area (TPSA) is 51.8 Å². The molecule has 0 saturated heterocycles. The third-order valence-electron chi connectivity index (χ3n) is 2.59. The molecule has 19 heavy (non-hydrogen) atoms. The fraction of sp³-hybridized carbons (Fsp3) is 0.0714. The molecule has 3 aromatic heterocycles. The summed E-state index contributed by atoms with van der Waals surface area (Å²) in [6.07, 6.45) is 8.73. The molecule has 3 aromatic rings. The van der Waals surface area contributed by atoms with Gasteiger partial charge >= 0.3 is 0 Å². The van der Waals surface area contributed by atoms with Crippen molar-refractivity contribution in [2.75, 3.05) is 0 Å². The quantitative estimate of drug-likeness (QED) is 0.726. The van der Waals surface area contributed by atoms with Crippen molar-refractivity contribution >= 4 is 23.0 Å². The van der Waals surface area contributed by atoms with Crippen molar-refractivity contribution < 1.29 is 4.42 Å². The van der Waals surface area contributed by atoms with E-state index in [0.717, 1.165) is 27.7 Å². The zero-order chi connectivity index (χ0) is 13.1. The van der Waals surface area contributed by atoms with Gasteiger partial charge < -0.3 is 4.42 Å². The van der Waals surface area contributed by atoms with Gasteiger partial charge in [-0.1, -0.05) is 0 Å². The van der Waals surface area contributed by atoms with Crippen molar-refractivity contribution in [1.29, 1.82) is 0 Å². The second-order valence-corrected chi connectivity index (χ2v) is 4.83. The molecule has 0 spiro atoms. The van der Waals surface area contributed by atoms with Crippen LogP contribution < -0.4 is 0 Å². The third kappa shape index (κ3) is 2.61. The Hall–Kier alpha value is -2.27. The van der Waals surface area contributed by atoms with E-state index < -0.39 is 0 Å². The van der Waals surface area contributed by atoms with Crippen LogP contribution in [0.3, 0.4) is 0 Å². The van der Waals surface area contributed by atoms with E-state index in [-0.39, 0.29) is 0 Å². The normalized spacial score (nSPS) is 11.7. The Labute approximate surface area is 114 Å². The Balaban J connectivity index is 1.88. The summed E-state index contributed by atoms with van der Waals surface area (Å²) in [5, 5.41) is 2.88. The van der Waals surface area contributed by atoms with Crippen LogP contribution in [0.4, 0.5) is 0 Å². The minimum absolute atomic E-state index is 0.793. The molecule has 94 valence electrons. The van der Waals surface area contributed by atoms with Gasteiger partial charge in [-0.25, -0.2) is 4.98 Å². The largest absolute Gasteiger partial charge is 0.462 e. The molecule has 5 heteroatoms. The average molecular weight is 269 g/mol. The maximum absolute atomic E-state index is 5.33. The number of hydrogen-bond donors (Lipinski definition) is 0. The molecule has 4 nitrogen and oxygen atoms in total. The highest BCUT2D eigenvalue weighted by Crippen LogP contribution is 2.25. The molecular weight excluding hydrogens is 258 g/mol. The van der Waals surface area contributed by atoms with Crippen LogP contribution in [-0.4, -0.2) is 15.0 Å². The number of nitrogens with zero attached hydrogens (tertiary/aromatic N) is 3. The Bertz CT molecular complexity index is 687. The monoisotopic (exact) mass is 269 g/mol. The highest BCUT2D eigenvalue weighted by molar-refractivity contribution is 7.13. The average Bonchev–Trinajstić information content (AvgIpc) is 3.10. The lowest BCUT2D eigenvalue weighted by Gasteiger charge is -1.97. The van der Waals surface area contributed by atoms with Gasteiger partial charge in [0.05, 0.1) is 23.8 Å². The molecule has 0 N–H and O–H groups in total. The van der Waals surface area contributed by atoms with E-state index in [1.54, 1.807) is 36.2 Å². The van der Waals surface area contributed by atoms with Gasteiger partial charge in [-0.15, -0.1) is 11.3 Å². The lowest BCUT2D eigenvalue weighted by Crippen LogP contribution is -1.86. The zero-order valence-corrected chi connectivity index (χ0v) is 11.1. The Morgan fingerprint density at radius 3 is 3.05 bits per heavy atom. The van der Waals surface area contributed by atoms with Crippen LogP contribution >= 0.6 is 11.3 Å². The van der Waals surface area contributed by atoms with Gasteiger partial charge in [0.2, 0.25) is 0 Å². The van der Waals surface area contributed by atoms with Crippen molar-refractivity contribution in [3.8, 4) is 10.8 Å². The van der Waals surface area contributed by atoms with Crippen LogP contribution in [0, 0.1) is 0 Å². The van der Waals surface area contributed by atoms with Gasteiger partial charge in [0.15, 0.2) is 10.8 Å². The van der Waals surface area contributed by atoms with Crippen LogP contribution in [0.1, 0.15) is 18.3 Å². The zero-order valence-electron chi connectivity index (χ0n) is 10.3. The van der Waals surface area contributed by atoms with Crippen molar-refractivity contribution in [2.45, 2.75) is 6.92 Å². The number of aromatic nitrogens is 3. The summed E-state index contributed by atoms with van der Waals surface area (Å²) in [5.41, 5.74) is 2.79. The molecule has 0 atom stereocenters. The SMILES string of the molecule is C/C(=C\c1csc(-c2ccco2)n1)c1cnccn1. The summed E-state index contributed by atoms with van der Waals surface area (Å²) in [6.45, 7) is 2.00. The van der Waals surface area contributed by atoms with Crippen LogP contribution in [0.2, 0.25) is 0 Å². The molecule has 3 rings (SSSR count). The molecule has 0 radical (unpaired) electrons. The lowest BCUT2D eigenvalue weighted by atomic mass is 10.2. The molecule has 0 saturated carbocycles. The van der Waals surface area contributed by atoms with Crippen molar-refractivity contribution in [2.24, 2.45) is 0 Å². The van der Waals surface area contributed by atoms with E-state index in [1.165, 1.54) is 0 Å². The molecule has 0 unspecified atom stereocenters. The standard InChI is InChI=1S/C14H11N3OS/c1-10(12-8-15-4-5-16-12)7-11-9-19-14(17-11)13-3-2-6-18-13/h2-9H,1H3/b10-7+. The van der Waals surface area contributed by atoms with E-state index in [0.29, 0.717) is 0 Å². The minimum Gasteiger partial charge on any atom is -0.462 e. The first-order valence-corrected chi connectivity index (χ1v) is 6.65. The van der Waals surface area contributed by atoms with Crippen LogP contribution in [0.5, 0.6) is 0 Å². The van der Waals surface area contributed by atoms with Crippen molar-refractivity contribution in [3.63, 3.8) is 0 Å². The Morgan fingerprint density at radius 2 is 2.32 bits per heavy atom. The van der Waals surface area contributed by atoms with Crippen molar-refractivity contribution in [3.05, 3.63) is 53.8 Å². The maximum atomic E-state index is 5.33. The predicted molar refractivity (Wildman–Crippen MR) is 75.4 cm³/mol. The van der Waals surface area contributed by atoms with Gasteiger partial charge in [-0.3, -0.25) is 9.97 Å². The number of rotatable bonds is 3. The van der Waals surface area contributed by atoms with Crippen LogP contribution in [0.15, 0.2) is 46.8 Å². The first-order valence-electron chi connectivity index (χ1n) is 5.77. The molecule has 0 aliphatic rings. The molecule has 0 fully saturated rings. The summed E-state index contributed by atoms with van der Waals surface area (Å²) < 4.78 is 5.33. The Morgan fingerprint density at radius 1 is 1.37 bits per heavy atom. The fourth-order valence-corrected chi connectivity index (χ4v) is 2.41. The number of allylic oxidation sites excluding steroid dienone is 1. The summed E-state index contributed by atoms with van der Waals surface area (Å²) in [6, 6.07) is 3.76. The highest BCUT2D eigenvalue weighted by Gasteiger charge is 2.06. The maximum Gasteiger partial charge on any atom is 0.162 e. The Kier molecular flexibility index (Phi) is 3.20. The first-order chi connectivity index (χ1) is 9.33.